The first-order valence-electron chi connectivity index (χ1n) is 6.62. The van der Waals surface area contributed by atoms with E-state index in [1.165, 1.54) is 16.7 Å². The van der Waals surface area contributed by atoms with Gasteiger partial charge in [-0.2, -0.15) is 0 Å². The van der Waals surface area contributed by atoms with Crippen LogP contribution in [0, 0.1) is 19.8 Å². The van der Waals surface area contributed by atoms with E-state index >= 15 is 0 Å². The largest absolute Gasteiger partial charge is 0.385 e. The predicted molar refractivity (Wildman–Crippen MR) is 69.0 cm³/mol. The van der Waals surface area contributed by atoms with Crippen molar-refractivity contribution < 1.29 is 5.11 Å². The van der Waals surface area contributed by atoms with E-state index in [2.05, 4.69) is 36.9 Å². The minimum atomic E-state index is -0.580. The lowest BCUT2D eigenvalue weighted by molar-refractivity contribution is -0.0507. The van der Waals surface area contributed by atoms with Gasteiger partial charge >= 0.3 is 0 Å². The van der Waals surface area contributed by atoms with Gasteiger partial charge in [0.15, 0.2) is 0 Å². The number of nitrogens with zero attached hydrogens (tertiary/aromatic N) is 1. The molecule has 0 radical (unpaired) electrons. The van der Waals surface area contributed by atoms with Gasteiger partial charge < -0.3 is 10.0 Å². The van der Waals surface area contributed by atoms with E-state index in [0.29, 0.717) is 5.92 Å². The van der Waals surface area contributed by atoms with E-state index < -0.39 is 5.60 Å². The Bertz CT molecular complexity index is 443. The number of rotatable bonds is 1. The van der Waals surface area contributed by atoms with Crippen molar-refractivity contribution in [3.8, 4) is 0 Å². The molecule has 0 aromatic heterocycles. The van der Waals surface area contributed by atoms with Gasteiger partial charge in [-0.1, -0.05) is 23.8 Å². The highest BCUT2D eigenvalue weighted by Gasteiger charge is 2.46. The van der Waals surface area contributed by atoms with Gasteiger partial charge in [0.25, 0.3) is 0 Å². The smallest absolute Gasteiger partial charge is 0.0952 e. The Balaban J connectivity index is 2.04. The molecule has 2 heteroatoms. The Kier molecular flexibility index (Phi) is 2.53. The van der Waals surface area contributed by atoms with Crippen molar-refractivity contribution in [2.45, 2.75) is 32.3 Å². The molecule has 1 N–H and O–H groups in total. The first kappa shape index (κ1) is 11.2. The average Bonchev–Trinajstić information content (AvgIpc) is 2.73. The molecule has 2 aliphatic rings. The van der Waals surface area contributed by atoms with Crippen molar-refractivity contribution >= 4 is 0 Å². The SMILES string of the molecule is Cc1ccc(C)c(C2(O)CCN3CCC2C3)c1. The van der Waals surface area contributed by atoms with Gasteiger partial charge in [0.05, 0.1) is 5.60 Å². The third kappa shape index (κ3) is 1.71. The first-order valence-corrected chi connectivity index (χ1v) is 6.62. The third-order valence-electron chi connectivity index (χ3n) is 4.62. The summed E-state index contributed by atoms with van der Waals surface area (Å²) in [6.07, 6.45) is 2.03. The first-order chi connectivity index (χ1) is 8.09. The van der Waals surface area contributed by atoms with E-state index in [1.54, 1.807) is 0 Å². The van der Waals surface area contributed by atoms with Crippen molar-refractivity contribution in [2.24, 2.45) is 5.92 Å². The molecule has 1 aromatic rings. The van der Waals surface area contributed by atoms with Crippen LogP contribution in [0.4, 0.5) is 0 Å². The summed E-state index contributed by atoms with van der Waals surface area (Å²) in [4.78, 5) is 2.48. The van der Waals surface area contributed by atoms with Crippen LogP contribution in [0.3, 0.4) is 0 Å². The van der Waals surface area contributed by atoms with Crippen LogP contribution in [-0.2, 0) is 5.60 Å². The summed E-state index contributed by atoms with van der Waals surface area (Å²) < 4.78 is 0. The van der Waals surface area contributed by atoms with E-state index in [-0.39, 0.29) is 0 Å². The van der Waals surface area contributed by atoms with Gasteiger partial charge in [-0.3, -0.25) is 0 Å². The molecule has 0 amide bonds. The number of aryl methyl sites for hydroxylation is 2. The molecule has 2 fully saturated rings. The minimum Gasteiger partial charge on any atom is -0.385 e. The van der Waals surface area contributed by atoms with Crippen molar-refractivity contribution in [3.05, 3.63) is 34.9 Å². The van der Waals surface area contributed by atoms with E-state index in [0.717, 1.165) is 32.5 Å². The summed E-state index contributed by atoms with van der Waals surface area (Å²) in [6.45, 7) is 7.51. The molecule has 2 aliphatic heterocycles. The maximum Gasteiger partial charge on any atom is 0.0952 e. The molecule has 2 bridgehead atoms. The molecule has 2 saturated heterocycles. The zero-order chi connectivity index (χ0) is 12.0. The third-order valence-corrected chi connectivity index (χ3v) is 4.62. The summed E-state index contributed by atoms with van der Waals surface area (Å²) in [5.41, 5.74) is 3.07. The molecule has 0 saturated carbocycles. The maximum atomic E-state index is 11.1. The fourth-order valence-electron chi connectivity index (χ4n) is 3.52. The summed E-state index contributed by atoms with van der Waals surface area (Å²) in [6, 6.07) is 6.46. The fraction of sp³-hybridized carbons (Fsp3) is 0.600. The van der Waals surface area contributed by atoms with Crippen LogP contribution in [0.2, 0.25) is 0 Å². The zero-order valence-electron chi connectivity index (χ0n) is 10.7. The Morgan fingerprint density at radius 2 is 2.12 bits per heavy atom. The average molecular weight is 231 g/mol. The quantitative estimate of drug-likeness (QED) is 0.801. The van der Waals surface area contributed by atoms with Crippen LogP contribution in [0.1, 0.15) is 29.5 Å². The van der Waals surface area contributed by atoms with Crippen molar-refractivity contribution in [3.63, 3.8) is 0 Å². The molecular formula is C15H21NO. The number of fused-ring (bicyclic) bond motifs is 2. The predicted octanol–water partition coefficient (Wildman–Crippen LogP) is 2.22. The molecule has 1 aromatic carbocycles. The second-order valence-electron chi connectivity index (χ2n) is 5.78. The van der Waals surface area contributed by atoms with Crippen LogP contribution in [0.25, 0.3) is 0 Å². The molecule has 92 valence electrons. The van der Waals surface area contributed by atoms with E-state index in [4.69, 9.17) is 0 Å². The van der Waals surface area contributed by atoms with Gasteiger partial charge in [-0.15, -0.1) is 0 Å². The highest BCUT2D eigenvalue weighted by atomic mass is 16.3. The van der Waals surface area contributed by atoms with E-state index in [9.17, 15) is 5.11 Å². The van der Waals surface area contributed by atoms with Crippen LogP contribution >= 0.6 is 0 Å². The van der Waals surface area contributed by atoms with Crippen molar-refractivity contribution in [1.82, 2.24) is 4.90 Å². The Labute approximate surface area is 103 Å². The molecule has 2 heterocycles. The van der Waals surface area contributed by atoms with Gasteiger partial charge in [-0.05, 0) is 44.4 Å². The second kappa shape index (κ2) is 3.82. The summed E-state index contributed by atoms with van der Waals surface area (Å²) in [5, 5.41) is 11.1. The monoisotopic (exact) mass is 231 g/mol. The summed E-state index contributed by atoms with van der Waals surface area (Å²) in [5.74, 6) is 0.428. The van der Waals surface area contributed by atoms with E-state index in [1.807, 2.05) is 0 Å². The highest BCUT2D eigenvalue weighted by Crippen LogP contribution is 2.43. The normalized spacial score (nSPS) is 36.2. The lowest BCUT2D eigenvalue weighted by atomic mass is 9.75. The Hall–Kier alpha value is -0.860. The Morgan fingerprint density at radius 1 is 1.29 bits per heavy atom. The molecule has 3 rings (SSSR count). The Morgan fingerprint density at radius 3 is 2.94 bits per heavy atom. The van der Waals surface area contributed by atoms with Gasteiger partial charge in [0.1, 0.15) is 0 Å². The molecule has 0 spiro atoms. The van der Waals surface area contributed by atoms with Crippen LogP contribution in [-0.4, -0.2) is 29.6 Å². The van der Waals surface area contributed by atoms with Crippen molar-refractivity contribution in [1.29, 1.82) is 0 Å². The van der Waals surface area contributed by atoms with Gasteiger partial charge in [-0.25, -0.2) is 0 Å². The summed E-state index contributed by atoms with van der Waals surface area (Å²) >= 11 is 0. The standard InChI is InChI=1S/C15H21NO/c1-11-3-4-12(2)14(9-11)15(17)6-8-16-7-5-13(15)10-16/h3-4,9,13,17H,5-8,10H2,1-2H3. The molecular weight excluding hydrogens is 210 g/mol. The molecule has 17 heavy (non-hydrogen) atoms. The number of aliphatic hydroxyl groups is 1. The molecule has 3 unspecified atom stereocenters. The molecule has 2 nitrogen and oxygen atoms in total. The lowest BCUT2D eigenvalue weighted by Crippen LogP contribution is -2.44. The van der Waals surface area contributed by atoms with Crippen LogP contribution < -0.4 is 0 Å². The summed E-state index contributed by atoms with van der Waals surface area (Å²) in [7, 11) is 0. The minimum absolute atomic E-state index is 0.428. The number of hydrogen-bond donors (Lipinski definition) is 1. The number of piperidine rings is 1. The van der Waals surface area contributed by atoms with Gasteiger partial charge in [0, 0.05) is 19.0 Å². The number of hydrogen-bond acceptors (Lipinski definition) is 2. The fourth-order valence-corrected chi connectivity index (χ4v) is 3.52. The number of benzene rings is 1. The maximum absolute atomic E-state index is 11.1. The molecule has 0 aliphatic carbocycles. The van der Waals surface area contributed by atoms with Crippen LogP contribution in [0.15, 0.2) is 18.2 Å². The lowest BCUT2D eigenvalue weighted by Gasteiger charge is -2.40. The second-order valence-corrected chi connectivity index (χ2v) is 5.78. The topological polar surface area (TPSA) is 23.5 Å². The zero-order valence-corrected chi connectivity index (χ0v) is 10.7. The molecule has 3 atom stereocenters. The highest BCUT2D eigenvalue weighted by molar-refractivity contribution is 5.36. The van der Waals surface area contributed by atoms with Crippen molar-refractivity contribution in [2.75, 3.05) is 19.6 Å². The van der Waals surface area contributed by atoms with Crippen LogP contribution in [0.5, 0.6) is 0 Å². The van der Waals surface area contributed by atoms with Gasteiger partial charge in [0.2, 0.25) is 0 Å².